The number of carbonyl (C=O) groups excluding carboxylic acids is 2. The molecule has 0 aromatic heterocycles. The summed E-state index contributed by atoms with van der Waals surface area (Å²) >= 11 is 1.40. The molecule has 0 aliphatic heterocycles. The molecule has 0 fully saturated rings. The van der Waals surface area contributed by atoms with Crippen molar-refractivity contribution in [1.82, 2.24) is 0 Å². The van der Waals surface area contributed by atoms with Crippen molar-refractivity contribution in [2.24, 2.45) is 0 Å². The van der Waals surface area contributed by atoms with Crippen LogP contribution in [0, 0.1) is 0 Å². The summed E-state index contributed by atoms with van der Waals surface area (Å²) in [6.45, 7) is 4.12. The summed E-state index contributed by atoms with van der Waals surface area (Å²) in [6, 6.07) is 9.80. The Bertz CT molecular complexity index is 419. The first-order valence-corrected chi connectivity index (χ1v) is 7.70. The molecule has 5 heteroatoms. The van der Waals surface area contributed by atoms with Crippen LogP contribution < -0.4 is 0 Å². The third kappa shape index (κ3) is 6.10. The molecule has 0 N–H and O–H groups in total. The van der Waals surface area contributed by atoms with Crippen molar-refractivity contribution in [1.29, 1.82) is 0 Å². The Morgan fingerprint density at radius 3 is 2.35 bits per heavy atom. The molecule has 0 amide bonds. The van der Waals surface area contributed by atoms with E-state index in [1.807, 2.05) is 30.3 Å². The Morgan fingerprint density at radius 2 is 1.75 bits per heavy atom. The zero-order chi connectivity index (χ0) is 14.8. The van der Waals surface area contributed by atoms with Gasteiger partial charge in [-0.15, -0.1) is 11.8 Å². The highest BCUT2D eigenvalue weighted by atomic mass is 32.2. The van der Waals surface area contributed by atoms with E-state index in [9.17, 15) is 9.59 Å². The number of hydrogen-bond acceptors (Lipinski definition) is 5. The molecule has 20 heavy (non-hydrogen) atoms. The van der Waals surface area contributed by atoms with Crippen LogP contribution in [0.25, 0.3) is 0 Å². The second-order valence-electron chi connectivity index (χ2n) is 4.05. The average molecular weight is 296 g/mol. The van der Waals surface area contributed by atoms with Crippen molar-refractivity contribution in [2.45, 2.75) is 31.3 Å². The van der Waals surface area contributed by atoms with Crippen LogP contribution in [0.5, 0.6) is 0 Å². The lowest BCUT2D eigenvalue weighted by molar-refractivity contribution is -0.149. The Morgan fingerprint density at radius 1 is 1.10 bits per heavy atom. The topological polar surface area (TPSA) is 52.6 Å². The molecule has 1 aromatic carbocycles. The van der Waals surface area contributed by atoms with Crippen molar-refractivity contribution in [3.63, 3.8) is 0 Å². The lowest BCUT2D eigenvalue weighted by atomic mass is 10.2. The summed E-state index contributed by atoms with van der Waals surface area (Å²) in [7, 11) is 0. The maximum atomic E-state index is 11.9. The van der Waals surface area contributed by atoms with E-state index < -0.39 is 5.25 Å². The standard InChI is InChI=1S/C15H20O4S/c1-3-18-14(16)10-13(15(17)19-4-2)20-11-12-8-6-5-7-9-12/h5-9,13H,3-4,10-11H2,1-2H3/t13-/m0/s1. The first-order chi connectivity index (χ1) is 9.67. The highest BCUT2D eigenvalue weighted by Crippen LogP contribution is 2.22. The van der Waals surface area contributed by atoms with Crippen molar-refractivity contribution >= 4 is 23.7 Å². The average Bonchev–Trinajstić information content (AvgIpc) is 2.45. The zero-order valence-electron chi connectivity index (χ0n) is 11.8. The minimum absolute atomic E-state index is 0.0458. The Kier molecular flexibility index (Phi) is 7.80. The molecule has 1 aromatic rings. The van der Waals surface area contributed by atoms with Gasteiger partial charge in [0.1, 0.15) is 5.25 Å². The van der Waals surface area contributed by atoms with Gasteiger partial charge >= 0.3 is 11.9 Å². The molecule has 1 atom stereocenters. The molecule has 1 rings (SSSR count). The first-order valence-electron chi connectivity index (χ1n) is 6.65. The third-order valence-corrected chi connectivity index (χ3v) is 3.76. The summed E-state index contributed by atoms with van der Waals surface area (Å²) < 4.78 is 9.90. The van der Waals surface area contributed by atoms with Crippen molar-refractivity contribution in [3.8, 4) is 0 Å². The fourth-order valence-corrected chi connectivity index (χ4v) is 2.63. The van der Waals surface area contributed by atoms with Gasteiger partial charge in [0.05, 0.1) is 19.6 Å². The molecule has 0 spiro atoms. The van der Waals surface area contributed by atoms with Gasteiger partial charge < -0.3 is 9.47 Å². The maximum absolute atomic E-state index is 11.9. The van der Waals surface area contributed by atoms with Gasteiger partial charge in [0, 0.05) is 5.75 Å². The fourth-order valence-electron chi connectivity index (χ4n) is 1.59. The molecule has 4 nitrogen and oxygen atoms in total. The summed E-state index contributed by atoms with van der Waals surface area (Å²) in [5.41, 5.74) is 1.11. The minimum Gasteiger partial charge on any atom is -0.466 e. The largest absolute Gasteiger partial charge is 0.466 e. The van der Waals surface area contributed by atoms with Gasteiger partial charge in [-0.2, -0.15) is 0 Å². The van der Waals surface area contributed by atoms with Crippen molar-refractivity contribution in [2.75, 3.05) is 13.2 Å². The molecule has 0 unspecified atom stereocenters. The van der Waals surface area contributed by atoms with Gasteiger partial charge in [0.25, 0.3) is 0 Å². The van der Waals surface area contributed by atoms with E-state index in [0.29, 0.717) is 19.0 Å². The highest BCUT2D eigenvalue weighted by Gasteiger charge is 2.24. The van der Waals surface area contributed by atoms with Crippen LogP contribution in [-0.2, 0) is 24.8 Å². The molecule has 0 saturated carbocycles. The van der Waals surface area contributed by atoms with Gasteiger partial charge in [-0.05, 0) is 19.4 Å². The lowest BCUT2D eigenvalue weighted by Crippen LogP contribution is -2.24. The SMILES string of the molecule is CCOC(=O)C[C@H](SCc1ccccc1)C(=O)OCC. The Hall–Kier alpha value is -1.49. The predicted octanol–water partition coefficient (Wildman–Crippen LogP) is 2.80. The number of ether oxygens (including phenoxy) is 2. The third-order valence-electron chi connectivity index (χ3n) is 2.50. The molecule has 110 valence electrons. The molecule has 0 aliphatic carbocycles. The number of benzene rings is 1. The van der Waals surface area contributed by atoms with E-state index >= 15 is 0 Å². The van der Waals surface area contributed by atoms with E-state index in [1.165, 1.54) is 11.8 Å². The molecule has 0 saturated heterocycles. The molecule has 0 radical (unpaired) electrons. The van der Waals surface area contributed by atoms with Crippen molar-refractivity contribution in [3.05, 3.63) is 35.9 Å². The summed E-state index contributed by atoms with van der Waals surface area (Å²) in [4.78, 5) is 23.4. The van der Waals surface area contributed by atoms with Crippen LogP contribution in [-0.4, -0.2) is 30.4 Å². The summed E-state index contributed by atoms with van der Waals surface area (Å²) in [5, 5.41) is -0.519. The van der Waals surface area contributed by atoms with E-state index in [-0.39, 0.29) is 18.4 Å². The molecular formula is C15H20O4S. The molecule has 0 heterocycles. The maximum Gasteiger partial charge on any atom is 0.319 e. The van der Waals surface area contributed by atoms with Crippen LogP contribution in [0.1, 0.15) is 25.8 Å². The first kappa shape index (κ1) is 16.6. The predicted molar refractivity (Wildman–Crippen MR) is 79.4 cm³/mol. The van der Waals surface area contributed by atoms with Crippen molar-refractivity contribution < 1.29 is 19.1 Å². The quantitative estimate of drug-likeness (QED) is 0.690. The number of carbonyl (C=O) groups is 2. The normalized spacial score (nSPS) is 11.7. The second-order valence-corrected chi connectivity index (χ2v) is 5.24. The molecule has 0 bridgehead atoms. The number of rotatable bonds is 8. The fraction of sp³-hybridized carbons (Fsp3) is 0.467. The number of hydrogen-bond donors (Lipinski definition) is 0. The van der Waals surface area contributed by atoms with Crippen LogP contribution in [0.15, 0.2) is 30.3 Å². The van der Waals surface area contributed by atoms with Crippen LogP contribution in [0.4, 0.5) is 0 Å². The molecule has 0 aliphatic rings. The van der Waals surface area contributed by atoms with E-state index in [2.05, 4.69) is 0 Å². The zero-order valence-corrected chi connectivity index (χ0v) is 12.7. The van der Waals surface area contributed by atoms with E-state index in [1.54, 1.807) is 13.8 Å². The number of esters is 2. The monoisotopic (exact) mass is 296 g/mol. The van der Waals surface area contributed by atoms with E-state index in [0.717, 1.165) is 5.56 Å². The summed E-state index contributed by atoms with van der Waals surface area (Å²) in [5.74, 6) is -0.0726. The van der Waals surface area contributed by atoms with Gasteiger partial charge in [-0.1, -0.05) is 30.3 Å². The highest BCUT2D eigenvalue weighted by molar-refractivity contribution is 7.99. The van der Waals surface area contributed by atoms with E-state index in [4.69, 9.17) is 9.47 Å². The minimum atomic E-state index is -0.519. The number of thioether (sulfide) groups is 1. The Balaban J connectivity index is 2.57. The van der Waals surface area contributed by atoms with Gasteiger partial charge in [0.15, 0.2) is 0 Å². The second kappa shape index (κ2) is 9.42. The van der Waals surface area contributed by atoms with Crippen LogP contribution in [0.2, 0.25) is 0 Å². The van der Waals surface area contributed by atoms with Crippen LogP contribution >= 0.6 is 11.8 Å². The lowest BCUT2D eigenvalue weighted by Gasteiger charge is -2.14. The van der Waals surface area contributed by atoms with Crippen LogP contribution in [0.3, 0.4) is 0 Å². The Labute approximate surface area is 123 Å². The van der Waals surface area contributed by atoms with Gasteiger partial charge in [0.2, 0.25) is 0 Å². The van der Waals surface area contributed by atoms with Gasteiger partial charge in [-0.3, -0.25) is 9.59 Å². The molecular weight excluding hydrogens is 276 g/mol. The smallest absolute Gasteiger partial charge is 0.319 e. The summed E-state index contributed by atoms with van der Waals surface area (Å²) in [6.07, 6.45) is 0.0458. The van der Waals surface area contributed by atoms with Gasteiger partial charge in [-0.25, -0.2) is 0 Å².